The summed E-state index contributed by atoms with van der Waals surface area (Å²) in [7, 11) is 2.68. The van der Waals surface area contributed by atoms with E-state index in [1.807, 2.05) is 0 Å². The zero-order valence-corrected chi connectivity index (χ0v) is 11.0. The number of benzene rings is 1. The highest BCUT2D eigenvalue weighted by Crippen LogP contribution is 2.30. The molecule has 0 aliphatic rings. The third-order valence-electron chi connectivity index (χ3n) is 2.53. The lowest BCUT2D eigenvalue weighted by Gasteiger charge is -2.07. The van der Waals surface area contributed by atoms with Crippen molar-refractivity contribution in [3.05, 3.63) is 45.7 Å². The number of ketones is 1. The van der Waals surface area contributed by atoms with Gasteiger partial charge in [-0.2, -0.15) is 0 Å². The van der Waals surface area contributed by atoms with E-state index < -0.39 is 23.0 Å². The number of thiophene rings is 1. The highest BCUT2D eigenvalue weighted by atomic mass is 32.1. The lowest BCUT2D eigenvalue weighted by molar-refractivity contribution is 0.103. The van der Waals surface area contributed by atoms with Gasteiger partial charge in [0.25, 0.3) is 0 Å². The van der Waals surface area contributed by atoms with Crippen molar-refractivity contribution in [2.45, 2.75) is 0 Å². The van der Waals surface area contributed by atoms with Crippen molar-refractivity contribution < 1.29 is 23.0 Å². The lowest BCUT2D eigenvalue weighted by Crippen LogP contribution is -2.07. The van der Waals surface area contributed by atoms with E-state index in [0.29, 0.717) is 5.75 Å². The van der Waals surface area contributed by atoms with Gasteiger partial charge in [-0.1, -0.05) is 0 Å². The summed E-state index contributed by atoms with van der Waals surface area (Å²) < 4.78 is 37.3. The quantitative estimate of drug-likeness (QED) is 0.808. The molecule has 0 fully saturated rings. The van der Waals surface area contributed by atoms with Crippen LogP contribution in [0.2, 0.25) is 0 Å². The molecule has 1 aromatic carbocycles. The fourth-order valence-electron chi connectivity index (χ4n) is 1.62. The number of ether oxygens (including phenoxy) is 2. The highest BCUT2D eigenvalue weighted by Gasteiger charge is 2.24. The van der Waals surface area contributed by atoms with Crippen LogP contribution in [0.25, 0.3) is 0 Å². The third kappa shape index (κ3) is 2.44. The number of carbonyl (C=O) groups excluding carboxylic acids is 1. The Kier molecular flexibility index (Phi) is 3.80. The summed E-state index contributed by atoms with van der Waals surface area (Å²) in [5.74, 6) is -2.35. The van der Waals surface area contributed by atoms with Crippen LogP contribution in [0, 0.1) is 11.6 Å². The van der Waals surface area contributed by atoms with Gasteiger partial charge in [-0.25, -0.2) is 8.78 Å². The van der Waals surface area contributed by atoms with Crippen LogP contribution in [0.15, 0.2) is 23.6 Å². The molecule has 19 heavy (non-hydrogen) atoms. The van der Waals surface area contributed by atoms with Gasteiger partial charge in [-0.05, 0) is 11.4 Å². The van der Waals surface area contributed by atoms with Gasteiger partial charge in [0, 0.05) is 12.1 Å². The van der Waals surface area contributed by atoms with E-state index in [4.69, 9.17) is 9.47 Å². The number of methoxy groups -OCH3 is 2. The minimum Gasteiger partial charge on any atom is -0.497 e. The molecule has 0 amide bonds. The number of rotatable bonds is 4. The molecular formula is C13H10F2O3S. The maximum atomic E-state index is 13.8. The predicted molar refractivity (Wildman–Crippen MR) is 67.2 cm³/mol. The Morgan fingerprint density at radius 3 is 2.32 bits per heavy atom. The monoisotopic (exact) mass is 284 g/mol. The van der Waals surface area contributed by atoms with Crippen LogP contribution in [0.3, 0.4) is 0 Å². The summed E-state index contributed by atoms with van der Waals surface area (Å²) in [6.45, 7) is 0. The van der Waals surface area contributed by atoms with Crippen LogP contribution >= 0.6 is 11.3 Å². The van der Waals surface area contributed by atoms with Crippen molar-refractivity contribution in [1.29, 1.82) is 0 Å². The van der Waals surface area contributed by atoms with Crippen molar-refractivity contribution in [2.24, 2.45) is 0 Å². The van der Waals surface area contributed by atoms with Crippen LogP contribution in [0.4, 0.5) is 8.78 Å². The van der Waals surface area contributed by atoms with Gasteiger partial charge in [0.15, 0.2) is 0 Å². The van der Waals surface area contributed by atoms with Crippen molar-refractivity contribution in [2.75, 3.05) is 14.2 Å². The number of carbonyl (C=O) groups is 1. The Balaban J connectivity index is 2.50. The molecule has 0 saturated carbocycles. The first-order chi connectivity index (χ1) is 9.08. The topological polar surface area (TPSA) is 35.5 Å². The molecule has 0 N–H and O–H groups in total. The Labute approximate surface area is 112 Å². The Hall–Kier alpha value is -1.95. The molecule has 1 heterocycles. The maximum Gasteiger partial charge on any atom is 0.212 e. The average Bonchev–Trinajstić information content (AvgIpc) is 2.85. The van der Waals surface area contributed by atoms with E-state index in [0.717, 1.165) is 23.5 Å². The largest absolute Gasteiger partial charge is 0.497 e. The van der Waals surface area contributed by atoms with Crippen molar-refractivity contribution in [1.82, 2.24) is 0 Å². The first-order valence-electron chi connectivity index (χ1n) is 5.27. The average molecular weight is 284 g/mol. The van der Waals surface area contributed by atoms with E-state index >= 15 is 0 Å². The van der Waals surface area contributed by atoms with Gasteiger partial charge in [0.05, 0.1) is 19.8 Å². The fourth-order valence-corrected chi connectivity index (χ4v) is 2.43. The molecule has 3 nitrogen and oxygen atoms in total. The molecule has 2 aromatic rings. The summed E-state index contributed by atoms with van der Waals surface area (Å²) in [5.41, 5.74) is -0.610. The van der Waals surface area contributed by atoms with Crippen LogP contribution in [-0.4, -0.2) is 20.0 Å². The minimum atomic E-state index is -0.961. The number of hydrogen-bond acceptors (Lipinski definition) is 4. The molecule has 1 aromatic heterocycles. The second-order valence-electron chi connectivity index (χ2n) is 3.61. The summed E-state index contributed by atoms with van der Waals surface area (Å²) in [6, 6.07) is 3.50. The molecule has 0 bridgehead atoms. The van der Waals surface area contributed by atoms with E-state index in [1.54, 1.807) is 11.4 Å². The summed E-state index contributed by atoms with van der Waals surface area (Å²) in [6.07, 6.45) is 0. The SMILES string of the molecule is COc1cc(F)c(C(=O)c2sccc2OC)c(F)c1. The van der Waals surface area contributed by atoms with Gasteiger partial charge in [0.1, 0.15) is 28.0 Å². The van der Waals surface area contributed by atoms with Gasteiger partial charge in [-0.3, -0.25) is 4.79 Å². The molecular weight excluding hydrogens is 274 g/mol. The third-order valence-corrected chi connectivity index (χ3v) is 3.43. The second-order valence-corrected chi connectivity index (χ2v) is 4.53. The van der Waals surface area contributed by atoms with Crippen molar-refractivity contribution in [3.8, 4) is 11.5 Å². The van der Waals surface area contributed by atoms with E-state index in [9.17, 15) is 13.6 Å². The molecule has 0 radical (unpaired) electrons. The summed E-state index contributed by atoms with van der Waals surface area (Å²) >= 11 is 1.07. The first-order valence-corrected chi connectivity index (χ1v) is 6.15. The minimum absolute atomic E-state index is 0.0182. The normalized spacial score (nSPS) is 10.3. The molecule has 100 valence electrons. The Bertz CT molecular complexity index is 599. The Morgan fingerprint density at radius 2 is 1.79 bits per heavy atom. The van der Waals surface area contributed by atoms with E-state index in [2.05, 4.69) is 0 Å². The molecule has 0 atom stereocenters. The lowest BCUT2D eigenvalue weighted by atomic mass is 10.1. The number of halogens is 2. The molecule has 0 aliphatic carbocycles. The van der Waals surface area contributed by atoms with Crippen LogP contribution < -0.4 is 9.47 Å². The van der Waals surface area contributed by atoms with Gasteiger partial charge >= 0.3 is 0 Å². The first kappa shape index (κ1) is 13.5. The smallest absolute Gasteiger partial charge is 0.212 e. The van der Waals surface area contributed by atoms with Gasteiger partial charge in [0.2, 0.25) is 5.78 Å². The summed E-state index contributed by atoms with van der Waals surface area (Å²) in [5, 5.41) is 1.62. The van der Waals surface area contributed by atoms with E-state index in [1.165, 1.54) is 14.2 Å². The highest BCUT2D eigenvalue weighted by molar-refractivity contribution is 7.12. The van der Waals surface area contributed by atoms with Crippen molar-refractivity contribution in [3.63, 3.8) is 0 Å². The van der Waals surface area contributed by atoms with E-state index in [-0.39, 0.29) is 10.6 Å². The maximum absolute atomic E-state index is 13.8. The molecule has 6 heteroatoms. The zero-order valence-electron chi connectivity index (χ0n) is 10.2. The molecule has 0 unspecified atom stereocenters. The van der Waals surface area contributed by atoms with Crippen LogP contribution in [-0.2, 0) is 0 Å². The number of hydrogen-bond donors (Lipinski definition) is 0. The second kappa shape index (κ2) is 5.36. The molecule has 0 aliphatic heterocycles. The summed E-state index contributed by atoms with van der Waals surface area (Å²) in [4.78, 5) is 12.3. The predicted octanol–water partition coefficient (Wildman–Crippen LogP) is 3.27. The molecule has 0 saturated heterocycles. The van der Waals surface area contributed by atoms with Crippen LogP contribution in [0.5, 0.6) is 11.5 Å². The molecule has 2 rings (SSSR count). The fraction of sp³-hybridized carbons (Fsp3) is 0.154. The van der Waals surface area contributed by atoms with Gasteiger partial charge < -0.3 is 9.47 Å². The standard InChI is InChI=1S/C13H10F2O3S/c1-17-7-5-8(14)11(9(15)6-7)12(16)13-10(18-2)3-4-19-13/h3-6H,1-2H3. The molecule has 0 spiro atoms. The Morgan fingerprint density at radius 1 is 1.16 bits per heavy atom. The van der Waals surface area contributed by atoms with Crippen LogP contribution in [0.1, 0.15) is 15.2 Å². The van der Waals surface area contributed by atoms with Crippen molar-refractivity contribution >= 4 is 17.1 Å². The zero-order chi connectivity index (χ0) is 14.0. The van der Waals surface area contributed by atoms with Gasteiger partial charge in [-0.15, -0.1) is 11.3 Å².